The molecule has 0 saturated carbocycles. The van der Waals surface area contributed by atoms with Crippen molar-refractivity contribution in [3.05, 3.63) is 35.9 Å². The molecule has 2 fully saturated rings. The highest BCUT2D eigenvalue weighted by atomic mass is 28.3. The summed E-state index contributed by atoms with van der Waals surface area (Å²) in [5, 5.41) is 0.0112. The Hall–Kier alpha value is -1.38. The summed E-state index contributed by atoms with van der Waals surface area (Å²) in [4.78, 5) is 25.2. The van der Waals surface area contributed by atoms with Crippen molar-refractivity contribution in [1.82, 2.24) is 0 Å². The number of fused-ring (bicyclic) bond motifs is 1. The molecule has 2 aliphatic heterocycles. The number of Topliss-reactive ketones (excluding diaryl/α,β-unsaturated/α-hetero) is 1. The largest absolute Gasteiger partial charge is 0.367 e. The Bertz CT molecular complexity index is 696. The molecule has 2 heterocycles. The highest BCUT2D eigenvalue weighted by Gasteiger charge is 2.57. The number of carbonyl (C=O) groups excluding carboxylic acids is 2. The van der Waals surface area contributed by atoms with Crippen molar-refractivity contribution in [2.24, 2.45) is 0 Å². The van der Waals surface area contributed by atoms with Crippen LogP contribution in [0.4, 0.5) is 0 Å². The van der Waals surface area contributed by atoms with Crippen molar-refractivity contribution in [1.29, 1.82) is 0 Å². The lowest BCUT2D eigenvalue weighted by Gasteiger charge is -2.25. The Morgan fingerprint density at radius 1 is 1.11 bits per heavy atom. The maximum absolute atomic E-state index is 12.8. The van der Waals surface area contributed by atoms with Gasteiger partial charge in [0.25, 0.3) is 0 Å². The van der Waals surface area contributed by atoms with E-state index in [1.165, 1.54) is 0 Å². The maximum Gasteiger partial charge on any atom is 0.190 e. The summed E-state index contributed by atoms with van der Waals surface area (Å²) in [6.45, 7) is 9.73. The number of hydrogen-bond donors (Lipinski definition) is 0. The van der Waals surface area contributed by atoms with Crippen LogP contribution in [-0.4, -0.2) is 49.7 Å². The fourth-order valence-corrected chi connectivity index (χ4v) is 3.92. The van der Waals surface area contributed by atoms with E-state index in [-0.39, 0.29) is 17.6 Å². The van der Waals surface area contributed by atoms with E-state index >= 15 is 0 Å². The third-order valence-corrected chi connectivity index (χ3v) is 6.61. The van der Waals surface area contributed by atoms with Crippen LogP contribution in [0.15, 0.2) is 30.3 Å². The van der Waals surface area contributed by atoms with Gasteiger partial charge in [-0.15, -0.1) is 0 Å². The van der Waals surface area contributed by atoms with Gasteiger partial charge in [-0.1, -0.05) is 50.0 Å². The van der Waals surface area contributed by atoms with E-state index in [0.29, 0.717) is 6.61 Å². The summed E-state index contributed by atoms with van der Waals surface area (Å²) in [5.74, 6) is -1.06. The molecule has 4 atom stereocenters. The van der Waals surface area contributed by atoms with Gasteiger partial charge in [-0.25, -0.2) is 0 Å². The fraction of sp³-hybridized carbons (Fsp3) is 0.600. The third-order valence-electron chi connectivity index (χ3n) is 4.76. The van der Waals surface area contributed by atoms with Gasteiger partial charge >= 0.3 is 0 Å². The average Bonchev–Trinajstić information content (AvgIpc) is 3.05. The molecule has 0 aliphatic carbocycles. The Morgan fingerprint density at radius 2 is 1.78 bits per heavy atom. The van der Waals surface area contributed by atoms with Gasteiger partial charge < -0.3 is 23.7 Å². The number of benzene rings is 1. The molecular formula is C20H28O6Si. The lowest BCUT2D eigenvalue weighted by atomic mass is 10.0. The zero-order valence-corrected chi connectivity index (χ0v) is 17.6. The van der Waals surface area contributed by atoms with E-state index in [9.17, 15) is 9.59 Å². The standard InChI is InChI=1S/C20H28O6Si/c1-20(2)25-18-17(23-12-13-9-7-6-8-10-13)16(24-19(18)26-20)14(21)11-15(22)27(3,4)5/h6-10,16-19H,11-12H2,1-5H3/t16-,17-,18-,19-/m1/s1. The lowest BCUT2D eigenvalue weighted by molar-refractivity contribution is -0.218. The van der Waals surface area contributed by atoms with Gasteiger partial charge in [0, 0.05) is 0 Å². The topological polar surface area (TPSA) is 71.1 Å². The van der Waals surface area contributed by atoms with Gasteiger partial charge in [0.2, 0.25) is 0 Å². The molecule has 0 radical (unpaired) electrons. The first kappa shape index (κ1) is 20.4. The van der Waals surface area contributed by atoms with Crippen LogP contribution in [0.2, 0.25) is 19.6 Å². The minimum absolute atomic E-state index is 0.0112. The summed E-state index contributed by atoms with van der Waals surface area (Å²) in [7, 11) is -2.04. The molecule has 3 rings (SSSR count). The molecule has 2 aliphatic rings. The van der Waals surface area contributed by atoms with Crippen molar-refractivity contribution < 1.29 is 28.5 Å². The maximum atomic E-state index is 12.8. The smallest absolute Gasteiger partial charge is 0.190 e. The molecule has 0 N–H and O–H groups in total. The normalized spacial score (nSPS) is 29.5. The molecule has 0 aromatic heterocycles. The molecule has 0 bridgehead atoms. The minimum Gasteiger partial charge on any atom is -0.367 e. The molecule has 0 amide bonds. The van der Waals surface area contributed by atoms with Crippen LogP contribution in [0, 0.1) is 0 Å². The van der Waals surface area contributed by atoms with E-state index in [2.05, 4.69) is 0 Å². The second-order valence-corrected chi connectivity index (χ2v) is 13.7. The van der Waals surface area contributed by atoms with Crippen LogP contribution >= 0.6 is 0 Å². The molecule has 7 heteroatoms. The molecule has 1 aromatic rings. The molecule has 148 valence electrons. The summed E-state index contributed by atoms with van der Waals surface area (Å²) in [5.41, 5.74) is 0.989. The zero-order chi connectivity index (χ0) is 19.8. The van der Waals surface area contributed by atoms with E-state index in [1.54, 1.807) is 13.8 Å². The summed E-state index contributed by atoms with van der Waals surface area (Å²) in [6, 6.07) is 9.70. The van der Waals surface area contributed by atoms with E-state index in [0.717, 1.165) is 5.56 Å². The van der Waals surface area contributed by atoms with Crippen molar-refractivity contribution in [2.45, 2.75) is 76.9 Å². The summed E-state index contributed by atoms with van der Waals surface area (Å²) in [6.07, 6.45) is -2.77. The molecule has 0 spiro atoms. The van der Waals surface area contributed by atoms with Gasteiger partial charge in [0.05, 0.1) is 13.0 Å². The average molecular weight is 393 g/mol. The van der Waals surface area contributed by atoms with Gasteiger partial charge in [-0.2, -0.15) is 0 Å². The van der Waals surface area contributed by atoms with Crippen molar-refractivity contribution in [3.63, 3.8) is 0 Å². The monoisotopic (exact) mass is 392 g/mol. The Morgan fingerprint density at radius 3 is 2.41 bits per heavy atom. The number of hydrogen-bond acceptors (Lipinski definition) is 6. The first-order chi connectivity index (χ1) is 12.6. The van der Waals surface area contributed by atoms with E-state index < -0.39 is 38.5 Å². The zero-order valence-electron chi connectivity index (χ0n) is 16.6. The van der Waals surface area contributed by atoms with Gasteiger partial charge in [0.1, 0.15) is 31.8 Å². The highest BCUT2D eigenvalue weighted by Crippen LogP contribution is 2.39. The first-order valence-corrected chi connectivity index (χ1v) is 12.8. The SMILES string of the molecule is CC1(C)O[C@H]2O[C@H](C(=O)CC(=O)[Si](C)(C)C)[C@@H](OCc3ccccc3)[C@H]2O1. The molecular weight excluding hydrogens is 364 g/mol. The lowest BCUT2D eigenvalue weighted by Crippen LogP contribution is -2.43. The number of ether oxygens (including phenoxy) is 4. The quantitative estimate of drug-likeness (QED) is 0.525. The Labute approximate surface area is 161 Å². The number of ketones is 1. The molecule has 0 unspecified atom stereocenters. The van der Waals surface area contributed by atoms with Gasteiger partial charge in [0.15, 0.2) is 17.9 Å². The van der Waals surface area contributed by atoms with Crippen LogP contribution in [0.5, 0.6) is 0 Å². The van der Waals surface area contributed by atoms with Crippen LogP contribution in [0.1, 0.15) is 25.8 Å². The predicted octanol–water partition coefficient (Wildman–Crippen LogP) is 2.85. The molecule has 6 nitrogen and oxygen atoms in total. The van der Waals surface area contributed by atoms with E-state index in [4.69, 9.17) is 18.9 Å². The predicted molar refractivity (Wildman–Crippen MR) is 102 cm³/mol. The van der Waals surface area contributed by atoms with Crippen LogP contribution < -0.4 is 0 Å². The highest BCUT2D eigenvalue weighted by molar-refractivity contribution is 7.03. The van der Waals surface area contributed by atoms with Crippen LogP contribution in [-0.2, 0) is 35.1 Å². The van der Waals surface area contributed by atoms with Crippen molar-refractivity contribution >= 4 is 19.3 Å². The Balaban J connectivity index is 1.73. The summed E-state index contributed by atoms with van der Waals surface area (Å²) >= 11 is 0. The van der Waals surface area contributed by atoms with Crippen molar-refractivity contribution in [2.75, 3.05) is 0 Å². The van der Waals surface area contributed by atoms with Crippen molar-refractivity contribution in [3.8, 4) is 0 Å². The molecule has 2 saturated heterocycles. The van der Waals surface area contributed by atoms with Crippen LogP contribution in [0.3, 0.4) is 0 Å². The number of rotatable bonds is 7. The second kappa shape index (κ2) is 7.56. The first-order valence-electron chi connectivity index (χ1n) is 9.29. The fourth-order valence-electron chi connectivity index (χ4n) is 3.21. The van der Waals surface area contributed by atoms with Crippen LogP contribution in [0.25, 0.3) is 0 Å². The Kier molecular flexibility index (Phi) is 5.70. The van der Waals surface area contributed by atoms with E-state index in [1.807, 2.05) is 50.0 Å². The second-order valence-electron chi connectivity index (χ2n) is 8.60. The molecule has 27 heavy (non-hydrogen) atoms. The van der Waals surface area contributed by atoms with Gasteiger partial charge in [-0.05, 0) is 19.4 Å². The van der Waals surface area contributed by atoms with Gasteiger partial charge in [-0.3, -0.25) is 4.79 Å². The minimum atomic E-state index is -2.04. The third kappa shape index (κ3) is 4.73. The summed E-state index contributed by atoms with van der Waals surface area (Å²) < 4.78 is 23.6. The number of carbonyl (C=O) groups is 2. The molecule has 1 aromatic carbocycles.